The van der Waals surface area contributed by atoms with Gasteiger partial charge < -0.3 is 4.90 Å². The Labute approximate surface area is 251 Å². The maximum Gasteiger partial charge on any atom is 0.264 e. The van der Waals surface area contributed by atoms with Crippen LogP contribution in [-0.2, 0) is 39.1 Å². The van der Waals surface area contributed by atoms with E-state index in [-0.39, 0.29) is 18.2 Å². The first kappa shape index (κ1) is 27.8. The van der Waals surface area contributed by atoms with Crippen LogP contribution in [0.4, 0.5) is 5.69 Å². The van der Waals surface area contributed by atoms with E-state index in [0.717, 1.165) is 61.3 Å². The van der Waals surface area contributed by atoms with Gasteiger partial charge in [-0.05, 0) is 91.2 Å². The van der Waals surface area contributed by atoms with Gasteiger partial charge in [0.2, 0.25) is 11.8 Å². The van der Waals surface area contributed by atoms with Gasteiger partial charge in [-0.3, -0.25) is 28.9 Å². The number of imide groups is 1. The number of carbonyl (C=O) groups is 3. The molecule has 2 saturated heterocycles. The van der Waals surface area contributed by atoms with E-state index in [2.05, 4.69) is 16.3 Å². The fraction of sp³-hybridized carbons (Fsp3) is 0.364. The molecule has 4 aliphatic heterocycles. The first-order valence-corrected chi connectivity index (χ1v) is 16.4. The molecule has 0 aliphatic carbocycles. The number of sulfonamides is 1. The Balaban J connectivity index is 0.957. The molecular weight excluding hydrogens is 564 g/mol. The maximum atomic E-state index is 13.3. The predicted octanol–water partition coefficient (Wildman–Crippen LogP) is 3.58. The minimum Gasteiger partial charge on any atom is -0.322 e. The van der Waals surface area contributed by atoms with Gasteiger partial charge in [0.05, 0.1) is 10.6 Å². The molecule has 9 nitrogen and oxygen atoms in total. The topological polar surface area (TPSA) is 107 Å². The third-order valence-electron chi connectivity index (χ3n) is 9.37. The molecule has 3 amide bonds. The molecule has 3 aromatic carbocycles. The fourth-order valence-electron chi connectivity index (χ4n) is 6.98. The third kappa shape index (κ3) is 5.12. The minimum absolute atomic E-state index is 0.144. The normalized spacial score (nSPS) is 21.2. The van der Waals surface area contributed by atoms with Gasteiger partial charge >= 0.3 is 0 Å². The van der Waals surface area contributed by atoms with Crippen molar-refractivity contribution in [2.24, 2.45) is 0 Å². The van der Waals surface area contributed by atoms with E-state index in [1.165, 1.54) is 9.87 Å². The van der Waals surface area contributed by atoms with Crippen LogP contribution in [0.2, 0.25) is 0 Å². The van der Waals surface area contributed by atoms with Crippen LogP contribution in [0.5, 0.6) is 0 Å². The number of amides is 3. The van der Waals surface area contributed by atoms with Crippen LogP contribution in [0, 0.1) is 0 Å². The van der Waals surface area contributed by atoms with Crippen molar-refractivity contribution in [3.05, 3.63) is 94.5 Å². The quantitative estimate of drug-likeness (QED) is 0.435. The summed E-state index contributed by atoms with van der Waals surface area (Å²) in [6, 6.07) is 20.4. The minimum atomic E-state index is -3.60. The number of piperidine rings is 2. The summed E-state index contributed by atoms with van der Waals surface area (Å²) in [5.74, 6) is -0.432. The number of fused-ring (bicyclic) bond motifs is 2. The number of nitrogens with zero attached hydrogens (tertiary/aromatic N) is 3. The van der Waals surface area contributed by atoms with E-state index in [9.17, 15) is 22.8 Å². The highest BCUT2D eigenvalue weighted by atomic mass is 32.2. The molecule has 222 valence electrons. The highest BCUT2D eigenvalue weighted by Gasteiger charge is 2.39. The van der Waals surface area contributed by atoms with Crippen molar-refractivity contribution >= 4 is 33.4 Å². The van der Waals surface area contributed by atoms with E-state index in [0.29, 0.717) is 35.9 Å². The van der Waals surface area contributed by atoms with Gasteiger partial charge in [-0.1, -0.05) is 42.5 Å². The predicted molar refractivity (Wildman–Crippen MR) is 161 cm³/mol. The molecule has 0 radical (unpaired) electrons. The molecular formula is C33H34N4O5S. The summed E-state index contributed by atoms with van der Waals surface area (Å²) in [4.78, 5) is 41.3. The first-order valence-electron chi connectivity index (χ1n) is 15.0. The molecule has 10 heteroatoms. The Morgan fingerprint density at radius 2 is 1.58 bits per heavy atom. The van der Waals surface area contributed by atoms with E-state index in [4.69, 9.17) is 0 Å². The lowest BCUT2D eigenvalue weighted by Gasteiger charge is -2.32. The number of hydrogen-bond donors (Lipinski definition) is 1. The SMILES string of the molecule is O=C1CCC(N2Cc3cc(C4CCN(Cc5ccc(S(=O)(=O)N6CCc7ccccc76)cc5)CC4)ccc3C2=O)C(=O)N1. The smallest absolute Gasteiger partial charge is 0.264 e. The molecule has 1 unspecified atom stereocenters. The second-order valence-electron chi connectivity index (χ2n) is 12.0. The van der Waals surface area contributed by atoms with Gasteiger partial charge in [0, 0.05) is 31.6 Å². The monoisotopic (exact) mass is 598 g/mol. The molecule has 0 spiro atoms. The van der Waals surface area contributed by atoms with E-state index in [1.807, 2.05) is 48.5 Å². The number of carbonyl (C=O) groups excluding carboxylic acids is 3. The standard InChI is InChI=1S/C33H34N4O5S/c38-31-12-11-30(32(39)34-31)36-21-26-19-25(7-10-28(26)33(36)40)23-13-16-35(17-14-23)20-22-5-8-27(9-6-22)43(41,42)37-18-15-24-3-1-2-4-29(24)37/h1-10,19,23,30H,11-18,20-21H2,(H,34,38,39). The first-order chi connectivity index (χ1) is 20.8. The zero-order valence-electron chi connectivity index (χ0n) is 23.9. The maximum absolute atomic E-state index is 13.3. The largest absolute Gasteiger partial charge is 0.322 e. The molecule has 4 aliphatic rings. The Bertz CT molecular complexity index is 1710. The van der Waals surface area contributed by atoms with Crippen molar-refractivity contribution in [1.29, 1.82) is 0 Å². The zero-order valence-corrected chi connectivity index (χ0v) is 24.7. The fourth-order valence-corrected chi connectivity index (χ4v) is 8.49. The second-order valence-corrected chi connectivity index (χ2v) is 13.8. The van der Waals surface area contributed by atoms with Crippen molar-refractivity contribution < 1.29 is 22.8 Å². The lowest BCUT2D eigenvalue weighted by Crippen LogP contribution is -2.52. The highest BCUT2D eigenvalue weighted by Crippen LogP contribution is 2.35. The number of nitrogens with one attached hydrogen (secondary N) is 1. The lowest BCUT2D eigenvalue weighted by atomic mass is 9.87. The van der Waals surface area contributed by atoms with Crippen molar-refractivity contribution in [3.8, 4) is 0 Å². The van der Waals surface area contributed by atoms with E-state index in [1.54, 1.807) is 17.0 Å². The van der Waals surface area contributed by atoms with E-state index >= 15 is 0 Å². The summed E-state index contributed by atoms with van der Waals surface area (Å²) < 4.78 is 28.2. The second kappa shape index (κ2) is 10.9. The third-order valence-corrected chi connectivity index (χ3v) is 11.2. The molecule has 3 aromatic rings. The Kier molecular flexibility index (Phi) is 7.05. The summed E-state index contributed by atoms with van der Waals surface area (Å²) in [5, 5.41) is 2.36. The van der Waals surface area contributed by atoms with Crippen LogP contribution in [0.15, 0.2) is 71.6 Å². The van der Waals surface area contributed by atoms with Gasteiger partial charge in [-0.25, -0.2) is 8.42 Å². The van der Waals surface area contributed by atoms with Gasteiger partial charge in [-0.2, -0.15) is 0 Å². The Morgan fingerprint density at radius 3 is 2.35 bits per heavy atom. The summed E-state index contributed by atoms with van der Waals surface area (Å²) in [6.45, 7) is 3.47. The average Bonchev–Trinajstić information content (AvgIpc) is 3.59. The van der Waals surface area contributed by atoms with Gasteiger partial charge in [0.15, 0.2) is 0 Å². The molecule has 1 atom stereocenters. The average molecular weight is 599 g/mol. The Hall–Kier alpha value is -4.02. The van der Waals surface area contributed by atoms with Crippen molar-refractivity contribution in [2.45, 2.75) is 62.0 Å². The zero-order chi connectivity index (χ0) is 29.7. The molecule has 0 bridgehead atoms. The van der Waals surface area contributed by atoms with Crippen LogP contribution in [0.1, 0.15) is 64.2 Å². The Morgan fingerprint density at radius 1 is 0.814 bits per heavy atom. The van der Waals surface area contributed by atoms with Gasteiger partial charge in [0.25, 0.3) is 15.9 Å². The van der Waals surface area contributed by atoms with Crippen molar-refractivity contribution in [2.75, 3.05) is 23.9 Å². The number of hydrogen-bond acceptors (Lipinski definition) is 6. The number of benzene rings is 3. The summed E-state index contributed by atoms with van der Waals surface area (Å²) >= 11 is 0. The number of rotatable bonds is 6. The molecule has 43 heavy (non-hydrogen) atoms. The summed E-state index contributed by atoms with van der Waals surface area (Å²) in [7, 11) is -3.60. The van der Waals surface area contributed by atoms with Crippen LogP contribution in [0.3, 0.4) is 0 Å². The van der Waals surface area contributed by atoms with E-state index < -0.39 is 22.0 Å². The van der Waals surface area contributed by atoms with Gasteiger partial charge in [-0.15, -0.1) is 0 Å². The number of anilines is 1. The van der Waals surface area contributed by atoms with Crippen molar-refractivity contribution in [1.82, 2.24) is 15.1 Å². The number of para-hydroxylation sites is 1. The van der Waals surface area contributed by atoms with Crippen LogP contribution < -0.4 is 9.62 Å². The van der Waals surface area contributed by atoms with Crippen LogP contribution in [0.25, 0.3) is 0 Å². The summed E-state index contributed by atoms with van der Waals surface area (Å²) in [5.41, 5.74) is 5.73. The van der Waals surface area contributed by atoms with Crippen LogP contribution in [-0.4, -0.2) is 61.6 Å². The highest BCUT2D eigenvalue weighted by molar-refractivity contribution is 7.92. The molecule has 0 aromatic heterocycles. The van der Waals surface area contributed by atoms with Crippen LogP contribution >= 0.6 is 0 Å². The lowest BCUT2D eigenvalue weighted by molar-refractivity contribution is -0.136. The molecule has 7 rings (SSSR count). The molecule has 0 saturated carbocycles. The van der Waals surface area contributed by atoms with Crippen molar-refractivity contribution in [3.63, 3.8) is 0 Å². The van der Waals surface area contributed by atoms with Gasteiger partial charge in [0.1, 0.15) is 6.04 Å². The molecule has 1 N–H and O–H groups in total. The molecule has 2 fully saturated rings. The molecule has 4 heterocycles. The number of likely N-dealkylation sites (tertiary alicyclic amines) is 1. The summed E-state index contributed by atoms with van der Waals surface area (Å²) in [6.07, 6.45) is 3.32.